The van der Waals surface area contributed by atoms with E-state index in [1.54, 1.807) is 46.3 Å². The topological polar surface area (TPSA) is 153 Å². The molecule has 12 nitrogen and oxygen atoms in total. The molecule has 1 aliphatic rings. The molecule has 0 saturated carbocycles. The fourth-order valence-corrected chi connectivity index (χ4v) is 8.23. The number of hydrogen-bond acceptors (Lipinski definition) is 8. The maximum atomic E-state index is 14.6. The number of nitrogens with one attached hydrogen (secondary N) is 3. The lowest BCUT2D eigenvalue weighted by Crippen LogP contribution is -2.57. The molecule has 58 heavy (non-hydrogen) atoms. The van der Waals surface area contributed by atoms with Crippen molar-refractivity contribution in [2.45, 2.75) is 45.4 Å². The highest BCUT2D eigenvalue weighted by Gasteiger charge is 2.33. The number of anilines is 2. The number of halogens is 2. The summed E-state index contributed by atoms with van der Waals surface area (Å²) in [5.41, 5.74) is 10.3. The molecule has 0 radical (unpaired) electrons. The van der Waals surface area contributed by atoms with Crippen LogP contribution in [-0.2, 0) is 29.1 Å². The number of nitrogens with zero attached hydrogens (tertiary/aromatic N) is 4. The van der Waals surface area contributed by atoms with Gasteiger partial charge in [-0.2, -0.15) is 0 Å². The van der Waals surface area contributed by atoms with Crippen LogP contribution in [0.5, 0.6) is 0 Å². The number of hydrazine groups is 1. The van der Waals surface area contributed by atoms with E-state index >= 15 is 0 Å². The maximum absolute atomic E-state index is 14.6. The van der Waals surface area contributed by atoms with Gasteiger partial charge in [0.15, 0.2) is 5.13 Å². The minimum Gasteiger partial charge on any atom is -0.375 e. The van der Waals surface area contributed by atoms with Gasteiger partial charge in [-0.25, -0.2) is 14.8 Å². The predicted molar refractivity (Wildman–Crippen MR) is 231 cm³/mol. The van der Waals surface area contributed by atoms with E-state index < -0.39 is 18.0 Å². The number of nitrogen functional groups attached to an aromatic ring is 1. The van der Waals surface area contributed by atoms with Gasteiger partial charge in [-0.05, 0) is 77.7 Å². The summed E-state index contributed by atoms with van der Waals surface area (Å²) in [5, 5.41) is 15.1. The molecule has 298 valence electrons. The Morgan fingerprint density at radius 1 is 0.931 bits per heavy atom. The Hall–Kier alpha value is -5.73. The molecule has 5 N–H and O–H groups in total. The van der Waals surface area contributed by atoms with Gasteiger partial charge in [-0.1, -0.05) is 101 Å². The van der Waals surface area contributed by atoms with Crippen molar-refractivity contribution in [3.8, 4) is 0 Å². The molecule has 7 rings (SSSR count). The molecule has 5 amide bonds. The molecular formula is C43H42Cl2N8O4S. The largest absolute Gasteiger partial charge is 0.375 e. The molecule has 1 aliphatic heterocycles. The van der Waals surface area contributed by atoms with Crippen molar-refractivity contribution in [2.24, 2.45) is 0 Å². The number of thiazole rings is 1. The van der Waals surface area contributed by atoms with Gasteiger partial charge in [0.05, 0.1) is 26.8 Å². The summed E-state index contributed by atoms with van der Waals surface area (Å²) in [4.78, 5) is 61.7. The molecule has 0 aliphatic carbocycles. The molecule has 1 aromatic heterocycles. The smallest absolute Gasteiger partial charge is 0.332 e. The number of amides is 5. The van der Waals surface area contributed by atoms with Crippen LogP contribution in [0.4, 0.5) is 15.6 Å². The minimum absolute atomic E-state index is 0.173. The second kappa shape index (κ2) is 17.8. The number of nitrogens with two attached hydrogens (primary N) is 1. The standard InChI is InChI=1S/C43H42Cl2N8O4S/c1-26(2)53(43(57)47-23-28-15-18-34(44)35(45)21-28)52-20-19-51(24-30-9-6-12-37-39(30)50-42(46)58-37)41(56)36(49-38(54)25-52)22-27-13-16-31(17-14-27)48-40(55)33-11-5-8-29-7-3-4-10-32(29)33/h3-18,21,26,36H,19-20,22-25H2,1-2H3,(H2,46,50)(H,47,57)(H,48,55)(H,49,54)/t36-/m0/s1. The summed E-state index contributed by atoms with van der Waals surface area (Å²) in [6.45, 7) is 4.30. The first kappa shape index (κ1) is 40.5. The van der Waals surface area contributed by atoms with E-state index in [0.717, 1.165) is 32.2 Å². The quantitative estimate of drug-likeness (QED) is 0.112. The van der Waals surface area contributed by atoms with Crippen LogP contribution in [0.25, 0.3) is 21.0 Å². The van der Waals surface area contributed by atoms with Crippen LogP contribution in [0.2, 0.25) is 10.0 Å². The fourth-order valence-electron chi connectivity index (χ4n) is 7.13. The van der Waals surface area contributed by atoms with E-state index in [9.17, 15) is 19.2 Å². The van der Waals surface area contributed by atoms with Crippen LogP contribution in [0.15, 0.2) is 103 Å². The number of para-hydroxylation sites is 1. The van der Waals surface area contributed by atoms with Crippen molar-refractivity contribution in [1.29, 1.82) is 0 Å². The monoisotopic (exact) mass is 836 g/mol. The summed E-state index contributed by atoms with van der Waals surface area (Å²) >= 11 is 13.7. The average molecular weight is 838 g/mol. The van der Waals surface area contributed by atoms with Crippen molar-refractivity contribution in [1.82, 2.24) is 30.5 Å². The number of hydrogen-bond donors (Lipinski definition) is 4. The number of urea groups is 1. The Morgan fingerprint density at radius 3 is 2.45 bits per heavy atom. The first-order chi connectivity index (χ1) is 27.9. The summed E-state index contributed by atoms with van der Waals surface area (Å²) in [5.74, 6) is -0.945. The molecule has 0 spiro atoms. The van der Waals surface area contributed by atoms with E-state index in [2.05, 4.69) is 20.9 Å². The third-order valence-corrected chi connectivity index (χ3v) is 11.5. The van der Waals surface area contributed by atoms with Crippen LogP contribution < -0.4 is 21.7 Å². The van der Waals surface area contributed by atoms with E-state index in [1.807, 2.05) is 80.6 Å². The van der Waals surface area contributed by atoms with Crippen molar-refractivity contribution >= 4 is 90.1 Å². The Balaban J connectivity index is 1.12. The molecule has 1 saturated heterocycles. The minimum atomic E-state index is -0.931. The van der Waals surface area contributed by atoms with Crippen molar-refractivity contribution in [3.05, 3.63) is 135 Å². The third kappa shape index (κ3) is 9.35. The molecule has 6 aromatic rings. The zero-order valence-corrected chi connectivity index (χ0v) is 34.2. The highest BCUT2D eigenvalue weighted by molar-refractivity contribution is 7.22. The van der Waals surface area contributed by atoms with Crippen LogP contribution in [-0.4, -0.2) is 75.4 Å². The van der Waals surface area contributed by atoms with Gasteiger partial charge >= 0.3 is 6.03 Å². The van der Waals surface area contributed by atoms with Crippen molar-refractivity contribution in [3.63, 3.8) is 0 Å². The first-order valence-corrected chi connectivity index (χ1v) is 20.4. The third-order valence-electron chi connectivity index (χ3n) is 9.90. The van der Waals surface area contributed by atoms with Gasteiger partial charge in [0.25, 0.3) is 5.91 Å². The van der Waals surface area contributed by atoms with Gasteiger partial charge in [0.1, 0.15) is 6.04 Å². The Bertz CT molecular complexity index is 2490. The molecular weight excluding hydrogens is 795 g/mol. The lowest BCUT2D eigenvalue weighted by Gasteiger charge is -2.37. The number of aromatic nitrogens is 1. The summed E-state index contributed by atoms with van der Waals surface area (Å²) in [6, 6.07) is 29.7. The molecule has 0 unspecified atom stereocenters. The number of benzene rings is 5. The number of fused-ring (bicyclic) bond motifs is 2. The molecule has 15 heteroatoms. The molecule has 2 heterocycles. The summed E-state index contributed by atoms with van der Waals surface area (Å²) in [6.07, 6.45) is 0.185. The molecule has 5 aromatic carbocycles. The SMILES string of the molecule is CC(C)N(C(=O)NCc1ccc(Cl)c(Cl)c1)N1CCN(Cc2cccc3sc(N)nc23)C(=O)[C@H](Cc2ccc(NC(=O)c3cccc4ccccc34)cc2)NC(=O)C1. The summed E-state index contributed by atoms with van der Waals surface area (Å²) in [7, 11) is 0. The number of carbonyl (C=O) groups is 4. The van der Waals surface area contributed by atoms with Gasteiger partial charge in [0.2, 0.25) is 11.8 Å². The lowest BCUT2D eigenvalue weighted by molar-refractivity contribution is -0.136. The fraction of sp³-hybridized carbons (Fsp3) is 0.233. The van der Waals surface area contributed by atoms with Crippen molar-refractivity contribution < 1.29 is 19.2 Å². The van der Waals surface area contributed by atoms with Crippen LogP contribution >= 0.6 is 34.5 Å². The zero-order valence-electron chi connectivity index (χ0n) is 31.9. The molecule has 0 bridgehead atoms. The highest BCUT2D eigenvalue weighted by atomic mass is 35.5. The second-order valence-corrected chi connectivity index (χ2v) is 16.2. The number of carbonyl (C=O) groups excluding carboxylic acids is 4. The van der Waals surface area contributed by atoms with Gasteiger partial charge in [0, 0.05) is 49.9 Å². The Labute approximate surface area is 349 Å². The second-order valence-electron chi connectivity index (χ2n) is 14.3. The number of rotatable bonds is 10. The molecule has 1 atom stereocenters. The van der Waals surface area contributed by atoms with Crippen LogP contribution in [0, 0.1) is 0 Å². The highest BCUT2D eigenvalue weighted by Crippen LogP contribution is 2.28. The van der Waals surface area contributed by atoms with E-state index in [1.165, 1.54) is 16.3 Å². The average Bonchev–Trinajstić information content (AvgIpc) is 3.61. The molecule has 1 fully saturated rings. The van der Waals surface area contributed by atoms with Crippen molar-refractivity contribution in [2.75, 3.05) is 30.7 Å². The summed E-state index contributed by atoms with van der Waals surface area (Å²) < 4.78 is 0.899. The van der Waals surface area contributed by atoms with E-state index in [0.29, 0.717) is 31.9 Å². The van der Waals surface area contributed by atoms with Gasteiger partial charge in [-0.3, -0.25) is 19.4 Å². The Morgan fingerprint density at radius 2 is 1.67 bits per heavy atom. The van der Waals surface area contributed by atoms with E-state index in [-0.39, 0.29) is 57.0 Å². The maximum Gasteiger partial charge on any atom is 0.332 e. The Kier molecular flexibility index (Phi) is 12.4. The first-order valence-electron chi connectivity index (χ1n) is 18.8. The van der Waals surface area contributed by atoms with E-state index in [4.69, 9.17) is 28.9 Å². The lowest BCUT2D eigenvalue weighted by atomic mass is 10.0. The zero-order chi connectivity index (χ0) is 40.9. The van der Waals surface area contributed by atoms with Gasteiger partial charge < -0.3 is 26.6 Å². The normalized spacial score (nSPS) is 15.2. The van der Waals surface area contributed by atoms with Gasteiger partial charge in [-0.15, -0.1) is 0 Å². The van der Waals surface area contributed by atoms with Crippen LogP contribution in [0.1, 0.15) is 40.9 Å². The van der Waals surface area contributed by atoms with Crippen LogP contribution in [0.3, 0.4) is 0 Å². The predicted octanol–water partition coefficient (Wildman–Crippen LogP) is 7.50.